The molecule has 6 nitrogen and oxygen atoms in total. The summed E-state index contributed by atoms with van der Waals surface area (Å²) in [6.45, 7) is 10.6. The summed E-state index contributed by atoms with van der Waals surface area (Å²) in [4.78, 5) is 41.7. The fraction of sp³-hybridized carbons (Fsp3) is 0.553. The first kappa shape index (κ1) is 33.2. The van der Waals surface area contributed by atoms with Gasteiger partial charge in [-0.15, -0.1) is 23.5 Å². The molecule has 2 bridgehead atoms. The highest BCUT2D eigenvalue weighted by molar-refractivity contribution is 7.98. The van der Waals surface area contributed by atoms with Gasteiger partial charge in [-0.05, 0) is 129 Å². The Labute approximate surface area is 281 Å². The Morgan fingerprint density at radius 3 is 1.93 bits per heavy atom. The van der Waals surface area contributed by atoms with E-state index in [1.165, 1.54) is 12.5 Å². The quantitative estimate of drug-likeness (QED) is 0.120. The van der Waals surface area contributed by atoms with E-state index in [1.54, 1.807) is 23.5 Å². The molecule has 46 heavy (non-hydrogen) atoms. The summed E-state index contributed by atoms with van der Waals surface area (Å²) < 4.78 is 18.7. The van der Waals surface area contributed by atoms with E-state index in [0.717, 1.165) is 41.9 Å². The summed E-state index contributed by atoms with van der Waals surface area (Å²) in [6, 6.07) is 15.1. The molecule has 8 heteroatoms. The molecule has 0 N–H and O–H groups in total. The van der Waals surface area contributed by atoms with Gasteiger partial charge in [0.2, 0.25) is 0 Å². The minimum absolute atomic E-state index is 0.0116. The van der Waals surface area contributed by atoms with Crippen molar-refractivity contribution in [1.29, 1.82) is 0 Å². The molecule has 2 aromatic rings. The third-order valence-electron chi connectivity index (χ3n) is 12.2. The zero-order valence-electron chi connectivity index (χ0n) is 27.6. The number of rotatable bonds is 8. The van der Waals surface area contributed by atoms with Crippen LogP contribution < -0.4 is 0 Å². The summed E-state index contributed by atoms with van der Waals surface area (Å²) in [6.07, 6.45) is 9.43. The van der Waals surface area contributed by atoms with Crippen molar-refractivity contribution in [3.05, 3.63) is 71.8 Å². The fourth-order valence-electron chi connectivity index (χ4n) is 9.91. The summed E-state index contributed by atoms with van der Waals surface area (Å²) in [5.41, 5.74) is 1.38. The number of hydrogen-bond acceptors (Lipinski definition) is 8. The number of fused-ring (bicyclic) bond motifs is 3. The van der Waals surface area contributed by atoms with Crippen LogP contribution in [0.5, 0.6) is 0 Å². The van der Waals surface area contributed by atoms with Gasteiger partial charge in [0, 0.05) is 27.5 Å². The van der Waals surface area contributed by atoms with E-state index in [2.05, 4.69) is 20.4 Å². The Morgan fingerprint density at radius 1 is 0.826 bits per heavy atom. The molecule has 8 atom stereocenters. The molecule has 4 saturated carbocycles. The van der Waals surface area contributed by atoms with Crippen LogP contribution in [-0.2, 0) is 19.0 Å². The molecule has 246 valence electrons. The molecule has 0 heterocycles. The van der Waals surface area contributed by atoms with E-state index >= 15 is 0 Å². The van der Waals surface area contributed by atoms with Crippen LogP contribution in [0.2, 0.25) is 0 Å². The van der Waals surface area contributed by atoms with Crippen molar-refractivity contribution < 1.29 is 28.6 Å². The fourth-order valence-corrected chi connectivity index (χ4v) is 10.7. The van der Waals surface area contributed by atoms with Gasteiger partial charge >= 0.3 is 17.9 Å². The van der Waals surface area contributed by atoms with Crippen molar-refractivity contribution in [2.45, 2.75) is 87.7 Å². The van der Waals surface area contributed by atoms with Crippen LogP contribution in [0.25, 0.3) is 0 Å². The number of hydrogen-bond donors (Lipinski definition) is 0. The maximum Gasteiger partial charge on any atom is 0.338 e. The minimum atomic E-state index is -0.674. The molecule has 0 radical (unpaired) electrons. The van der Waals surface area contributed by atoms with Crippen molar-refractivity contribution in [3.8, 4) is 0 Å². The Hall–Kier alpha value is -2.71. The van der Waals surface area contributed by atoms with E-state index < -0.39 is 11.5 Å². The molecular weight excluding hydrogens is 617 g/mol. The molecule has 2 aromatic carbocycles. The molecule has 0 amide bonds. The summed E-state index contributed by atoms with van der Waals surface area (Å²) in [5, 5.41) is 0. The lowest BCUT2D eigenvalue weighted by atomic mass is 9.40. The smallest absolute Gasteiger partial charge is 0.338 e. The SMILES string of the molecule is C=C1C[C@@]23C[C@@H]1CC[C@H]2[C@]1(C)CC[C@@H](OC(=O)c2ccc(SC)cc2)[C@](C)(COC(C)=O)[C@@H]1C[C@@H]3OC(=O)c1ccc(SC)cc1. The van der Waals surface area contributed by atoms with E-state index in [0.29, 0.717) is 35.8 Å². The second kappa shape index (κ2) is 12.7. The van der Waals surface area contributed by atoms with Gasteiger partial charge in [-0.3, -0.25) is 4.79 Å². The average Bonchev–Trinajstić information content (AvgIpc) is 3.30. The average molecular weight is 663 g/mol. The van der Waals surface area contributed by atoms with Gasteiger partial charge in [-0.2, -0.15) is 0 Å². The molecule has 0 saturated heterocycles. The number of benzene rings is 2. The van der Waals surface area contributed by atoms with Crippen molar-refractivity contribution >= 4 is 41.4 Å². The number of thioether (sulfide) groups is 2. The van der Waals surface area contributed by atoms with Crippen LogP contribution >= 0.6 is 23.5 Å². The zero-order valence-corrected chi connectivity index (χ0v) is 29.3. The highest BCUT2D eigenvalue weighted by Gasteiger charge is 2.70. The van der Waals surface area contributed by atoms with Gasteiger partial charge in [-0.1, -0.05) is 26.0 Å². The predicted octanol–water partition coefficient (Wildman–Crippen LogP) is 8.63. The molecule has 4 aliphatic carbocycles. The minimum Gasteiger partial charge on any atom is -0.465 e. The first-order chi connectivity index (χ1) is 21.9. The standard InChI is InChI=1S/C38H46O6S2/c1-23-20-38-21-27(23)11-16-30(38)36(3)18-17-32(43-34(40)25-7-12-28(45-5)13-8-25)37(4,22-42-24(2)39)31(36)19-33(38)44-35(41)26-9-14-29(46-6)15-10-26/h7-10,12-15,27,30-33H,1,11,16-22H2,2-6H3/t27-,30-,31+,32+,33-,36-,37+,38+/m0/s1. The van der Waals surface area contributed by atoms with Crippen LogP contribution in [0, 0.1) is 34.0 Å². The third kappa shape index (κ3) is 5.72. The lowest BCUT2D eigenvalue weighted by Gasteiger charge is -2.66. The molecule has 0 aromatic heterocycles. The summed E-state index contributed by atoms with van der Waals surface area (Å²) in [7, 11) is 0. The highest BCUT2D eigenvalue weighted by atomic mass is 32.2. The normalized spacial score (nSPS) is 34.6. The Morgan fingerprint density at radius 2 is 1.39 bits per heavy atom. The number of carbonyl (C=O) groups is 3. The number of allylic oxidation sites excluding steroid dienone is 1. The molecule has 6 rings (SSSR count). The lowest BCUT2D eigenvalue weighted by molar-refractivity contribution is -0.232. The third-order valence-corrected chi connectivity index (χ3v) is 13.6. The van der Waals surface area contributed by atoms with Crippen molar-refractivity contribution in [1.82, 2.24) is 0 Å². The maximum atomic E-state index is 13.8. The van der Waals surface area contributed by atoms with Crippen molar-refractivity contribution in [2.24, 2.45) is 34.0 Å². The molecule has 0 unspecified atom stereocenters. The highest BCUT2D eigenvalue weighted by Crippen LogP contribution is 2.73. The van der Waals surface area contributed by atoms with Gasteiger partial charge in [0.05, 0.1) is 11.1 Å². The van der Waals surface area contributed by atoms with Crippen LogP contribution in [0.1, 0.15) is 86.4 Å². The van der Waals surface area contributed by atoms with E-state index in [1.807, 2.05) is 61.0 Å². The van der Waals surface area contributed by atoms with Crippen molar-refractivity contribution in [3.63, 3.8) is 0 Å². The molecule has 4 aliphatic rings. The molecule has 1 spiro atoms. The van der Waals surface area contributed by atoms with Crippen LogP contribution in [-0.4, -0.2) is 49.2 Å². The number of esters is 3. The van der Waals surface area contributed by atoms with Gasteiger partial charge in [0.25, 0.3) is 0 Å². The topological polar surface area (TPSA) is 78.9 Å². The first-order valence-corrected chi connectivity index (χ1v) is 18.9. The van der Waals surface area contributed by atoms with Crippen LogP contribution in [0.4, 0.5) is 0 Å². The zero-order chi connectivity index (χ0) is 32.9. The number of ether oxygens (including phenoxy) is 3. The largest absolute Gasteiger partial charge is 0.465 e. The molecular formula is C38H46O6S2. The predicted molar refractivity (Wildman–Crippen MR) is 182 cm³/mol. The number of carbonyl (C=O) groups excluding carboxylic acids is 3. The molecule has 0 aliphatic heterocycles. The second-order valence-electron chi connectivity index (χ2n) is 14.5. The second-order valence-corrected chi connectivity index (χ2v) is 16.2. The Kier molecular flexibility index (Phi) is 9.18. The van der Waals surface area contributed by atoms with E-state index in [-0.39, 0.29) is 47.4 Å². The van der Waals surface area contributed by atoms with Gasteiger partial charge < -0.3 is 14.2 Å². The van der Waals surface area contributed by atoms with E-state index in [9.17, 15) is 14.4 Å². The maximum absolute atomic E-state index is 13.8. The molecule has 4 fully saturated rings. The Bertz CT molecular complexity index is 1500. The van der Waals surface area contributed by atoms with Crippen LogP contribution in [0.3, 0.4) is 0 Å². The monoisotopic (exact) mass is 662 g/mol. The van der Waals surface area contributed by atoms with Gasteiger partial charge in [0.15, 0.2) is 0 Å². The lowest BCUT2D eigenvalue weighted by Crippen LogP contribution is -2.66. The van der Waals surface area contributed by atoms with Crippen LogP contribution in [0.15, 0.2) is 70.5 Å². The van der Waals surface area contributed by atoms with Gasteiger partial charge in [-0.25, -0.2) is 9.59 Å². The van der Waals surface area contributed by atoms with E-state index in [4.69, 9.17) is 14.2 Å². The Balaban J connectivity index is 1.36. The summed E-state index contributed by atoms with van der Waals surface area (Å²) in [5.74, 6) is -0.278. The summed E-state index contributed by atoms with van der Waals surface area (Å²) >= 11 is 3.26. The van der Waals surface area contributed by atoms with Gasteiger partial charge in [0.1, 0.15) is 18.8 Å². The first-order valence-electron chi connectivity index (χ1n) is 16.4. The van der Waals surface area contributed by atoms with Crippen molar-refractivity contribution in [2.75, 3.05) is 19.1 Å².